The van der Waals surface area contributed by atoms with Crippen LogP contribution < -0.4 is 0 Å². The molecule has 314 valence electrons. The normalized spacial score (nSPS) is 40.4. The molecule has 1 aliphatic carbocycles. The predicted molar refractivity (Wildman–Crippen MR) is 211 cm³/mol. The van der Waals surface area contributed by atoms with Crippen molar-refractivity contribution in [2.75, 3.05) is 27.9 Å². The molecule has 2 saturated heterocycles. The average Bonchev–Trinajstić information content (AvgIpc) is 3.18. The van der Waals surface area contributed by atoms with E-state index in [4.69, 9.17) is 23.7 Å². The topological polar surface area (TPSA) is 158 Å². The predicted octanol–water partition coefficient (Wildman–Crippen LogP) is 5.44. The minimum atomic E-state index is -2.48. The molecule has 0 radical (unpaired) electrons. The lowest BCUT2D eigenvalue weighted by Gasteiger charge is -2.47. The number of ketones is 2. The summed E-state index contributed by atoms with van der Waals surface area (Å²) in [4.78, 5) is 57.6. The van der Waals surface area contributed by atoms with Gasteiger partial charge in [-0.3, -0.25) is 14.4 Å². The summed E-state index contributed by atoms with van der Waals surface area (Å²) in [6.45, 7) is 13.5. The SMILES string of the molecule is C=CC[C@@H]1/C=C(/C)C[C@H](C)C[C@H](OC)[C@H]2O[C@@](O)(C(=O)C(=O)N3CCCC[C@H]3C(=O)O[C@H](/C(C)=C/[C@@H]3CC[C@@H](O)[C@H](OC)C3)[C@H](C)/C=C\C1=O)[C@H](C)C[C@@H]2OC. The van der Waals surface area contributed by atoms with E-state index in [0.717, 1.165) is 17.6 Å². The minimum Gasteiger partial charge on any atom is -0.456 e. The van der Waals surface area contributed by atoms with E-state index in [1.165, 1.54) is 19.1 Å². The monoisotopic (exact) mass is 785 g/mol. The maximum absolute atomic E-state index is 14.3. The van der Waals surface area contributed by atoms with Crippen LogP contribution in [-0.4, -0.2) is 115 Å². The molecule has 2 N–H and O–H groups in total. The second-order valence-electron chi connectivity index (χ2n) is 16.8. The van der Waals surface area contributed by atoms with Gasteiger partial charge in [-0.2, -0.15) is 0 Å². The van der Waals surface area contributed by atoms with Crippen LogP contribution in [0.25, 0.3) is 0 Å². The van der Waals surface area contributed by atoms with Crippen LogP contribution in [-0.2, 0) is 42.9 Å². The van der Waals surface area contributed by atoms with Crippen LogP contribution in [0.3, 0.4) is 0 Å². The van der Waals surface area contributed by atoms with Gasteiger partial charge in [0.25, 0.3) is 11.7 Å². The summed E-state index contributed by atoms with van der Waals surface area (Å²) in [6, 6.07) is -1.08. The molecule has 56 heavy (non-hydrogen) atoms. The number of hydrogen-bond acceptors (Lipinski definition) is 11. The second kappa shape index (κ2) is 20.6. The number of nitrogens with zero attached hydrogens (tertiary/aromatic N) is 1. The molecule has 1 amide bonds. The van der Waals surface area contributed by atoms with Crippen molar-refractivity contribution < 1.29 is 53.1 Å². The maximum Gasteiger partial charge on any atom is 0.329 e. The highest BCUT2D eigenvalue weighted by molar-refractivity contribution is 6.39. The van der Waals surface area contributed by atoms with Crippen LogP contribution in [0.1, 0.15) is 98.8 Å². The molecule has 2 bridgehead atoms. The van der Waals surface area contributed by atoms with E-state index in [1.807, 2.05) is 26.8 Å². The van der Waals surface area contributed by atoms with Crippen LogP contribution in [0.4, 0.5) is 0 Å². The summed E-state index contributed by atoms with van der Waals surface area (Å²) in [6.07, 6.45) is 10.5. The number of carbonyl (C=O) groups is 4. The number of aliphatic hydroxyl groups excluding tert-OH is 1. The van der Waals surface area contributed by atoms with Crippen molar-refractivity contribution in [2.24, 2.45) is 29.6 Å². The zero-order valence-corrected chi connectivity index (χ0v) is 34.8. The van der Waals surface area contributed by atoms with Gasteiger partial charge in [0.2, 0.25) is 5.79 Å². The Balaban J connectivity index is 1.78. The molecule has 4 aliphatic rings. The van der Waals surface area contributed by atoms with Gasteiger partial charge in [-0.15, -0.1) is 6.58 Å². The van der Waals surface area contributed by atoms with E-state index in [2.05, 4.69) is 19.6 Å². The quantitative estimate of drug-likeness (QED) is 0.192. The van der Waals surface area contributed by atoms with E-state index in [9.17, 15) is 29.4 Å². The molecule has 0 aromatic rings. The van der Waals surface area contributed by atoms with Crippen LogP contribution in [0.5, 0.6) is 0 Å². The van der Waals surface area contributed by atoms with E-state index in [0.29, 0.717) is 44.9 Å². The number of hydrogen-bond donors (Lipinski definition) is 2. The van der Waals surface area contributed by atoms with Gasteiger partial charge in [-0.25, -0.2) is 4.79 Å². The van der Waals surface area contributed by atoms with E-state index >= 15 is 0 Å². The van der Waals surface area contributed by atoms with Crippen LogP contribution in [0.15, 0.2) is 48.1 Å². The number of methoxy groups -OCH3 is 3. The molecule has 0 aromatic carbocycles. The van der Waals surface area contributed by atoms with Crippen molar-refractivity contribution in [1.82, 2.24) is 4.90 Å². The van der Waals surface area contributed by atoms with Gasteiger partial charge in [-0.1, -0.05) is 50.6 Å². The number of piperidine rings is 1. The highest BCUT2D eigenvalue weighted by Crippen LogP contribution is 2.39. The number of Topliss-reactive ketones (excluding diaryl/α,β-unsaturated/α-hetero) is 1. The molecule has 12 nitrogen and oxygen atoms in total. The summed E-state index contributed by atoms with van der Waals surface area (Å²) in [5.74, 6) is -7.00. The fourth-order valence-corrected chi connectivity index (χ4v) is 9.12. The molecule has 12 heteroatoms. The number of ether oxygens (including phenoxy) is 5. The molecule has 13 atom stereocenters. The fraction of sp³-hybridized carbons (Fsp3) is 0.727. The molecule has 4 rings (SSSR count). The number of carbonyl (C=O) groups excluding carboxylic acids is 4. The van der Waals surface area contributed by atoms with E-state index < -0.39 is 77.8 Å². The van der Waals surface area contributed by atoms with Crippen molar-refractivity contribution in [2.45, 2.75) is 147 Å². The lowest BCUT2D eigenvalue weighted by molar-refractivity contribution is -0.302. The second-order valence-corrected chi connectivity index (χ2v) is 16.8. The highest BCUT2D eigenvalue weighted by Gasteiger charge is 2.56. The van der Waals surface area contributed by atoms with Gasteiger partial charge >= 0.3 is 5.97 Å². The molecule has 0 aromatic heterocycles. The number of aliphatic hydroxyl groups is 2. The highest BCUT2D eigenvalue weighted by atomic mass is 16.7. The third-order valence-corrected chi connectivity index (χ3v) is 12.4. The van der Waals surface area contributed by atoms with Crippen LogP contribution >= 0.6 is 0 Å². The van der Waals surface area contributed by atoms with E-state index in [-0.39, 0.29) is 43.1 Å². The standard InChI is InChI=1S/C44H67NO11/c1-10-13-32-21-26(2)20-27(3)22-37(53-8)40-38(54-9)24-30(6)44(51,56-40)41(48)42(49)45-19-12-11-14-33(45)43(50)55-39(28(4)15-17-34(32)46)29(5)23-31-16-18-35(47)36(25-31)52-7/h10,15,17,21,23,27-28,30-33,35-40,47,51H,1,11-14,16,18-20,22,24-25H2,2-9H3/b17-15-,26-21-,29-23+/t27-,28+,30+,31-,32+,33-,35+,36+,37-,38-,39-,40+,44+/m0/s1. The Morgan fingerprint density at radius 2 is 1.66 bits per heavy atom. The Kier molecular flexibility index (Phi) is 16.8. The largest absolute Gasteiger partial charge is 0.456 e. The zero-order valence-electron chi connectivity index (χ0n) is 34.8. The Labute approximate surface area is 333 Å². The maximum atomic E-state index is 14.3. The number of esters is 1. The van der Waals surface area contributed by atoms with Crippen molar-refractivity contribution in [1.29, 1.82) is 0 Å². The molecule has 3 fully saturated rings. The lowest BCUT2D eigenvalue weighted by Crippen LogP contribution is -2.64. The van der Waals surface area contributed by atoms with Gasteiger partial charge in [-0.05, 0) is 102 Å². The number of cyclic esters (lactones) is 1. The first-order valence-corrected chi connectivity index (χ1v) is 20.5. The molecule has 3 aliphatic heterocycles. The Morgan fingerprint density at radius 1 is 0.982 bits per heavy atom. The molecular formula is C44H67NO11. The van der Waals surface area contributed by atoms with Gasteiger partial charge in [0, 0.05) is 45.6 Å². The third kappa shape index (κ3) is 10.9. The first kappa shape index (κ1) is 45.7. The van der Waals surface area contributed by atoms with Gasteiger partial charge < -0.3 is 38.8 Å². The fourth-order valence-electron chi connectivity index (χ4n) is 9.12. The molecule has 1 saturated carbocycles. The number of amides is 1. The molecule has 3 heterocycles. The molecule has 0 spiro atoms. The smallest absolute Gasteiger partial charge is 0.329 e. The van der Waals surface area contributed by atoms with E-state index in [1.54, 1.807) is 32.3 Å². The van der Waals surface area contributed by atoms with Crippen molar-refractivity contribution in [3.8, 4) is 0 Å². The summed E-state index contributed by atoms with van der Waals surface area (Å²) < 4.78 is 29.8. The number of fused-ring (bicyclic) bond motifs is 3. The zero-order chi connectivity index (χ0) is 41.3. The summed E-state index contributed by atoms with van der Waals surface area (Å²) in [5, 5.41) is 22.4. The van der Waals surface area contributed by atoms with Crippen LogP contribution in [0.2, 0.25) is 0 Å². The Morgan fingerprint density at radius 3 is 2.32 bits per heavy atom. The lowest BCUT2D eigenvalue weighted by atomic mass is 9.82. The van der Waals surface area contributed by atoms with Gasteiger partial charge in [0.1, 0.15) is 18.2 Å². The van der Waals surface area contributed by atoms with Gasteiger partial charge in [0.05, 0.1) is 24.4 Å². The van der Waals surface area contributed by atoms with Crippen LogP contribution in [0, 0.1) is 29.6 Å². The number of rotatable bonds is 7. The summed E-state index contributed by atoms with van der Waals surface area (Å²) in [5.41, 5.74) is 1.77. The van der Waals surface area contributed by atoms with Crippen molar-refractivity contribution in [3.05, 3.63) is 48.1 Å². The first-order valence-electron chi connectivity index (χ1n) is 20.5. The average molecular weight is 786 g/mol. The minimum absolute atomic E-state index is 0.0469. The third-order valence-electron chi connectivity index (χ3n) is 12.4. The van der Waals surface area contributed by atoms with Gasteiger partial charge in [0.15, 0.2) is 5.78 Å². The molecule has 0 unspecified atom stereocenters. The summed E-state index contributed by atoms with van der Waals surface area (Å²) >= 11 is 0. The molecular weight excluding hydrogens is 718 g/mol. The summed E-state index contributed by atoms with van der Waals surface area (Å²) in [7, 11) is 4.66. The Bertz CT molecular complexity index is 1490. The van der Waals surface area contributed by atoms with Crippen molar-refractivity contribution >= 4 is 23.4 Å². The first-order chi connectivity index (χ1) is 26.6. The number of allylic oxidation sites excluding steroid dienone is 5. The Hall–Kier alpha value is -3.00. The van der Waals surface area contributed by atoms with Crippen molar-refractivity contribution in [3.63, 3.8) is 0 Å².